The minimum atomic E-state index is -1.11. The molecule has 1 aromatic rings. The first-order valence-electron chi connectivity index (χ1n) is 8.25. The molecular formula is C18H27N3O3. The van der Waals surface area contributed by atoms with Crippen molar-refractivity contribution in [3.05, 3.63) is 29.8 Å². The Morgan fingerprint density at radius 1 is 1.25 bits per heavy atom. The predicted octanol–water partition coefficient (Wildman–Crippen LogP) is 2.58. The summed E-state index contributed by atoms with van der Waals surface area (Å²) in [6.45, 7) is 10.7. The Hall–Kier alpha value is -2.24. The van der Waals surface area contributed by atoms with E-state index in [2.05, 4.69) is 0 Å². The summed E-state index contributed by atoms with van der Waals surface area (Å²) in [5.41, 5.74) is 5.38. The van der Waals surface area contributed by atoms with Crippen LogP contribution in [0.3, 0.4) is 0 Å². The lowest BCUT2D eigenvalue weighted by Crippen LogP contribution is -2.64. The van der Waals surface area contributed by atoms with Gasteiger partial charge >= 0.3 is 6.09 Å². The largest absolute Gasteiger partial charge is 0.444 e. The average molecular weight is 333 g/mol. The maximum atomic E-state index is 13.1. The van der Waals surface area contributed by atoms with Crippen molar-refractivity contribution in [3.8, 4) is 0 Å². The Labute approximate surface area is 143 Å². The zero-order chi connectivity index (χ0) is 18.1. The van der Waals surface area contributed by atoms with E-state index in [1.54, 1.807) is 36.1 Å². The van der Waals surface area contributed by atoms with E-state index < -0.39 is 17.2 Å². The lowest BCUT2D eigenvalue weighted by Gasteiger charge is -2.47. The second-order valence-electron chi connectivity index (χ2n) is 7.21. The number of amides is 2. The van der Waals surface area contributed by atoms with E-state index in [9.17, 15) is 9.59 Å². The quantitative estimate of drug-likeness (QED) is 0.844. The molecule has 2 N–H and O–H groups in total. The molecule has 1 saturated heterocycles. The van der Waals surface area contributed by atoms with Gasteiger partial charge < -0.3 is 15.4 Å². The lowest BCUT2D eigenvalue weighted by molar-refractivity contribution is -0.150. The monoisotopic (exact) mass is 333 g/mol. The van der Waals surface area contributed by atoms with Crippen molar-refractivity contribution in [2.24, 2.45) is 0 Å². The van der Waals surface area contributed by atoms with Gasteiger partial charge in [-0.1, -0.05) is 12.1 Å². The number of carbonyl (C=O) groups excluding carboxylic acids is 2. The summed E-state index contributed by atoms with van der Waals surface area (Å²) in [4.78, 5) is 29.1. The van der Waals surface area contributed by atoms with Crippen molar-refractivity contribution in [1.29, 1.82) is 0 Å². The Bertz CT molecular complexity index is 621. The molecule has 1 atom stereocenters. The molecule has 1 unspecified atom stereocenters. The standard InChI is InChI=1S/C18H27N3O3/c1-6-20-11-12-21(16(23)24-17(2,3)4)18(5,15(20)22)13-7-9-14(19)10-8-13/h7-10H,6,11-12,19H2,1-5H3. The molecule has 1 aliphatic heterocycles. The van der Waals surface area contributed by atoms with Crippen LogP contribution in [0.4, 0.5) is 10.5 Å². The van der Waals surface area contributed by atoms with E-state index in [0.717, 1.165) is 5.56 Å². The molecule has 1 aliphatic rings. The summed E-state index contributed by atoms with van der Waals surface area (Å²) in [5, 5.41) is 0. The summed E-state index contributed by atoms with van der Waals surface area (Å²) in [7, 11) is 0. The first-order chi connectivity index (χ1) is 11.1. The van der Waals surface area contributed by atoms with Crippen LogP contribution in [-0.4, -0.2) is 47.0 Å². The van der Waals surface area contributed by atoms with Crippen molar-refractivity contribution >= 4 is 17.7 Å². The predicted molar refractivity (Wildman–Crippen MR) is 93.4 cm³/mol. The van der Waals surface area contributed by atoms with E-state index in [0.29, 0.717) is 25.3 Å². The highest BCUT2D eigenvalue weighted by Gasteiger charge is 2.49. The van der Waals surface area contributed by atoms with Crippen LogP contribution in [0.2, 0.25) is 0 Å². The van der Waals surface area contributed by atoms with Gasteiger partial charge in [-0.05, 0) is 52.3 Å². The maximum Gasteiger partial charge on any atom is 0.411 e. The van der Waals surface area contributed by atoms with Gasteiger partial charge in [0.2, 0.25) is 0 Å². The molecule has 6 nitrogen and oxygen atoms in total. The summed E-state index contributed by atoms with van der Waals surface area (Å²) < 4.78 is 5.53. The van der Waals surface area contributed by atoms with Crippen LogP contribution in [0.5, 0.6) is 0 Å². The van der Waals surface area contributed by atoms with Crippen LogP contribution in [0.1, 0.15) is 40.2 Å². The maximum absolute atomic E-state index is 13.1. The van der Waals surface area contributed by atoms with Gasteiger partial charge in [0.1, 0.15) is 11.1 Å². The lowest BCUT2D eigenvalue weighted by atomic mass is 9.86. The third-order valence-corrected chi connectivity index (χ3v) is 4.31. The molecule has 2 amide bonds. The molecule has 2 rings (SSSR count). The summed E-state index contributed by atoms with van der Waals surface area (Å²) >= 11 is 0. The molecule has 0 saturated carbocycles. The minimum Gasteiger partial charge on any atom is -0.444 e. The van der Waals surface area contributed by atoms with Gasteiger partial charge in [-0.2, -0.15) is 0 Å². The highest BCUT2D eigenvalue weighted by Crippen LogP contribution is 2.35. The van der Waals surface area contributed by atoms with Crippen molar-refractivity contribution in [2.45, 2.75) is 45.8 Å². The number of anilines is 1. The van der Waals surface area contributed by atoms with Gasteiger partial charge in [-0.15, -0.1) is 0 Å². The van der Waals surface area contributed by atoms with Crippen LogP contribution in [0.15, 0.2) is 24.3 Å². The van der Waals surface area contributed by atoms with Crippen molar-refractivity contribution in [1.82, 2.24) is 9.80 Å². The fraction of sp³-hybridized carbons (Fsp3) is 0.556. The number of piperazine rings is 1. The molecule has 0 bridgehead atoms. The van der Waals surface area contributed by atoms with Crippen LogP contribution in [-0.2, 0) is 15.1 Å². The van der Waals surface area contributed by atoms with Gasteiger partial charge in [0.05, 0.1) is 0 Å². The molecule has 1 aromatic carbocycles. The van der Waals surface area contributed by atoms with Crippen LogP contribution in [0, 0.1) is 0 Å². The third kappa shape index (κ3) is 3.32. The zero-order valence-corrected chi connectivity index (χ0v) is 15.1. The fourth-order valence-electron chi connectivity index (χ4n) is 2.95. The minimum absolute atomic E-state index is 0.105. The van der Waals surface area contributed by atoms with Crippen LogP contribution >= 0.6 is 0 Å². The van der Waals surface area contributed by atoms with Gasteiger partial charge in [0, 0.05) is 25.3 Å². The second kappa shape index (κ2) is 6.34. The molecular weight excluding hydrogens is 306 g/mol. The number of rotatable bonds is 2. The average Bonchev–Trinajstić information content (AvgIpc) is 2.48. The summed E-state index contributed by atoms with van der Waals surface area (Å²) in [6, 6.07) is 7.07. The molecule has 1 heterocycles. The molecule has 0 spiro atoms. The second-order valence-corrected chi connectivity index (χ2v) is 7.21. The molecule has 24 heavy (non-hydrogen) atoms. The SMILES string of the molecule is CCN1CCN(C(=O)OC(C)(C)C)C(C)(c2ccc(N)cc2)C1=O. The smallest absolute Gasteiger partial charge is 0.411 e. The van der Waals surface area contributed by atoms with Gasteiger partial charge in [-0.3, -0.25) is 9.69 Å². The number of ether oxygens (including phenoxy) is 1. The number of nitrogen functional groups attached to an aromatic ring is 1. The topological polar surface area (TPSA) is 75.9 Å². The van der Waals surface area contributed by atoms with E-state index >= 15 is 0 Å². The number of hydrogen-bond acceptors (Lipinski definition) is 4. The first kappa shape index (κ1) is 18.1. The zero-order valence-electron chi connectivity index (χ0n) is 15.1. The number of carbonyl (C=O) groups is 2. The number of nitrogens with zero attached hydrogens (tertiary/aromatic N) is 2. The molecule has 1 fully saturated rings. The van der Waals surface area contributed by atoms with Crippen molar-refractivity contribution in [3.63, 3.8) is 0 Å². The van der Waals surface area contributed by atoms with Gasteiger partial charge in [0.25, 0.3) is 5.91 Å². The highest BCUT2D eigenvalue weighted by atomic mass is 16.6. The normalized spacial score (nSPS) is 21.8. The van der Waals surface area contributed by atoms with Crippen molar-refractivity contribution in [2.75, 3.05) is 25.4 Å². The molecule has 6 heteroatoms. The number of likely N-dealkylation sites (N-methyl/N-ethyl adjacent to an activating group) is 1. The Morgan fingerprint density at radius 2 is 1.83 bits per heavy atom. The molecule has 132 valence electrons. The van der Waals surface area contributed by atoms with Gasteiger partial charge in [-0.25, -0.2) is 4.79 Å². The summed E-state index contributed by atoms with van der Waals surface area (Å²) in [5.74, 6) is -0.105. The third-order valence-electron chi connectivity index (χ3n) is 4.31. The van der Waals surface area contributed by atoms with E-state index in [-0.39, 0.29) is 5.91 Å². The first-order valence-corrected chi connectivity index (χ1v) is 8.25. The molecule has 0 aliphatic carbocycles. The summed E-state index contributed by atoms with van der Waals surface area (Å²) in [6.07, 6.45) is -0.481. The van der Waals surface area contributed by atoms with Crippen molar-refractivity contribution < 1.29 is 14.3 Å². The van der Waals surface area contributed by atoms with E-state index in [1.807, 2.05) is 27.7 Å². The number of nitrogens with two attached hydrogens (primary N) is 1. The Balaban J connectivity index is 2.46. The van der Waals surface area contributed by atoms with E-state index in [4.69, 9.17) is 10.5 Å². The van der Waals surface area contributed by atoms with Crippen LogP contribution < -0.4 is 5.73 Å². The molecule has 0 aromatic heterocycles. The van der Waals surface area contributed by atoms with E-state index in [1.165, 1.54) is 4.90 Å². The molecule has 0 radical (unpaired) electrons. The highest BCUT2D eigenvalue weighted by molar-refractivity contribution is 5.92. The Kier molecular flexibility index (Phi) is 4.78. The van der Waals surface area contributed by atoms with Gasteiger partial charge in [0.15, 0.2) is 0 Å². The number of benzene rings is 1. The fourth-order valence-corrected chi connectivity index (χ4v) is 2.95. The Morgan fingerprint density at radius 3 is 2.33 bits per heavy atom. The van der Waals surface area contributed by atoms with Crippen LogP contribution in [0.25, 0.3) is 0 Å². The number of hydrogen-bond donors (Lipinski definition) is 1.